The molecule has 1 rings (SSSR count). The van der Waals surface area contributed by atoms with Crippen LogP contribution in [0.4, 0.5) is 0 Å². The van der Waals surface area contributed by atoms with Gasteiger partial charge in [0, 0.05) is 0 Å². The van der Waals surface area contributed by atoms with Gasteiger partial charge in [-0.3, -0.25) is 0 Å². The average molecular weight is 273 g/mol. The van der Waals surface area contributed by atoms with Gasteiger partial charge < -0.3 is 0 Å². The molecule has 0 amide bonds. The molecule has 0 saturated heterocycles. The van der Waals surface area contributed by atoms with Gasteiger partial charge in [-0.1, -0.05) is 64.0 Å². The molecule has 1 aromatic heterocycles. The molecule has 0 radical (unpaired) electrons. The number of thiophene rings is 1. The van der Waals surface area contributed by atoms with Crippen LogP contribution in [-0.4, -0.2) is 0 Å². The summed E-state index contributed by atoms with van der Waals surface area (Å²) in [5, 5.41) is 2.25. The van der Waals surface area contributed by atoms with Gasteiger partial charge in [-0.25, -0.2) is 0 Å². The smallest absolute Gasteiger partial charge is 0.0931 e. The number of rotatable bonds is 9. The first-order valence-corrected chi connectivity index (χ1v) is 8.27. The van der Waals surface area contributed by atoms with Crippen LogP contribution in [0.2, 0.25) is 4.34 Å². The van der Waals surface area contributed by atoms with E-state index in [0.29, 0.717) is 0 Å². The maximum Gasteiger partial charge on any atom is 0.0931 e. The van der Waals surface area contributed by atoms with E-state index in [4.69, 9.17) is 11.6 Å². The van der Waals surface area contributed by atoms with Crippen molar-refractivity contribution in [1.82, 2.24) is 0 Å². The number of halogens is 1. The molecule has 98 valence electrons. The maximum atomic E-state index is 6.04. The van der Waals surface area contributed by atoms with E-state index < -0.39 is 0 Å². The van der Waals surface area contributed by atoms with Gasteiger partial charge in [0.2, 0.25) is 0 Å². The Hall–Kier alpha value is -0.0100. The molecule has 1 unspecified atom stereocenters. The van der Waals surface area contributed by atoms with Crippen molar-refractivity contribution in [1.29, 1.82) is 0 Å². The van der Waals surface area contributed by atoms with Crippen LogP contribution < -0.4 is 0 Å². The fraction of sp³-hybridized carbons (Fsp3) is 0.733. The van der Waals surface area contributed by atoms with E-state index in [-0.39, 0.29) is 0 Å². The van der Waals surface area contributed by atoms with Crippen LogP contribution in [0.3, 0.4) is 0 Å². The lowest BCUT2D eigenvalue weighted by Gasteiger charge is -2.15. The minimum Gasteiger partial charge on any atom is -0.132 e. The Morgan fingerprint density at radius 3 is 2.35 bits per heavy atom. The van der Waals surface area contributed by atoms with E-state index >= 15 is 0 Å². The van der Waals surface area contributed by atoms with Crippen molar-refractivity contribution >= 4 is 22.9 Å². The van der Waals surface area contributed by atoms with Crippen molar-refractivity contribution in [2.45, 2.75) is 71.1 Å². The summed E-state index contributed by atoms with van der Waals surface area (Å²) < 4.78 is 0.940. The fourth-order valence-electron chi connectivity index (χ4n) is 2.28. The van der Waals surface area contributed by atoms with Crippen LogP contribution in [-0.2, 0) is 0 Å². The summed E-state index contributed by atoms with van der Waals surface area (Å²) in [6.07, 6.45) is 10.8. The molecule has 1 heterocycles. The zero-order valence-corrected chi connectivity index (χ0v) is 12.7. The van der Waals surface area contributed by atoms with Crippen molar-refractivity contribution in [3.05, 3.63) is 21.3 Å². The predicted molar refractivity (Wildman–Crippen MR) is 80.4 cm³/mol. The molecule has 1 atom stereocenters. The van der Waals surface area contributed by atoms with Gasteiger partial charge in [0.25, 0.3) is 0 Å². The van der Waals surface area contributed by atoms with Gasteiger partial charge in [0.05, 0.1) is 4.34 Å². The normalized spacial score (nSPS) is 12.9. The second kappa shape index (κ2) is 8.99. The first-order valence-electron chi connectivity index (χ1n) is 7.01. The monoisotopic (exact) mass is 272 g/mol. The molecule has 0 aliphatic heterocycles. The van der Waals surface area contributed by atoms with Crippen LogP contribution >= 0.6 is 22.9 Å². The molecule has 0 nitrogen and oxygen atoms in total. The zero-order valence-electron chi connectivity index (χ0n) is 11.2. The quantitative estimate of drug-likeness (QED) is 0.442. The number of hydrogen-bond donors (Lipinski definition) is 0. The first kappa shape index (κ1) is 15.0. The van der Waals surface area contributed by atoms with Crippen LogP contribution in [0.5, 0.6) is 0 Å². The molecule has 0 aliphatic carbocycles. The fourth-order valence-corrected chi connectivity index (χ4v) is 3.26. The summed E-state index contributed by atoms with van der Waals surface area (Å²) in [6, 6.07) is 2.17. The second-order valence-electron chi connectivity index (χ2n) is 4.87. The topological polar surface area (TPSA) is 0 Å². The highest BCUT2D eigenvalue weighted by Gasteiger charge is 2.12. The Morgan fingerprint density at radius 1 is 1.06 bits per heavy atom. The van der Waals surface area contributed by atoms with E-state index in [9.17, 15) is 0 Å². The molecule has 1 aromatic rings. The Labute approximate surface area is 115 Å². The minimum absolute atomic E-state index is 0.746. The molecular weight excluding hydrogens is 248 g/mol. The van der Waals surface area contributed by atoms with E-state index in [1.54, 1.807) is 11.3 Å². The molecule has 2 heteroatoms. The Bertz CT molecular complexity index is 293. The standard InChI is InChI=1S/C15H25ClS/c1-3-5-7-8-10-13(9-6-4-2)14-11-15(16)17-12-14/h11-13H,3-10H2,1-2H3. The van der Waals surface area contributed by atoms with Gasteiger partial charge in [0.15, 0.2) is 0 Å². The van der Waals surface area contributed by atoms with Crippen LogP contribution in [0.1, 0.15) is 76.7 Å². The van der Waals surface area contributed by atoms with Crippen LogP contribution in [0.25, 0.3) is 0 Å². The molecule has 0 aromatic carbocycles. The third-order valence-corrected chi connectivity index (χ3v) is 4.48. The average Bonchev–Trinajstić information content (AvgIpc) is 2.75. The predicted octanol–water partition coefficient (Wildman–Crippen LogP) is 6.65. The molecule has 0 saturated carbocycles. The summed E-state index contributed by atoms with van der Waals surface area (Å²) in [5.41, 5.74) is 1.48. The summed E-state index contributed by atoms with van der Waals surface area (Å²) in [6.45, 7) is 4.54. The Morgan fingerprint density at radius 2 is 1.76 bits per heavy atom. The number of hydrogen-bond acceptors (Lipinski definition) is 1. The van der Waals surface area contributed by atoms with Crippen molar-refractivity contribution in [3.63, 3.8) is 0 Å². The van der Waals surface area contributed by atoms with Gasteiger partial charge >= 0.3 is 0 Å². The van der Waals surface area contributed by atoms with Crippen molar-refractivity contribution in [2.75, 3.05) is 0 Å². The maximum absolute atomic E-state index is 6.04. The second-order valence-corrected chi connectivity index (χ2v) is 6.42. The van der Waals surface area contributed by atoms with E-state index in [1.165, 1.54) is 56.9 Å². The Kier molecular flexibility index (Phi) is 7.96. The van der Waals surface area contributed by atoms with E-state index in [0.717, 1.165) is 10.3 Å². The van der Waals surface area contributed by atoms with Gasteiger partial charge in [-0.15, -0.1) is 11.3 Å². The molecule has 0 aliphatic rings. The van der Waals surface area contributed by atoms with E-state index in [2.05, 4.69) is 25.3 Å². The molecule has 0 fully saturated rings. The zero-order chi connectivity index (χ0) is 12.5. The summed E-state index contributed by atoms with van der Waals surface area (Å²) in [7, 11) is 0. The number of unbranched alkanes of at least 4 members (excludes halogenated alkanes) is 4. The lowest BCUT2D eigenvalue weighted by Crippen LogP contribution is -1.98. The third kappa shape index (κ3) is 5.92. The molecular formula is C15H25ClS. The molecule has 17 heavy (non-hydrogen) atoms. The van der Waals surface area contributed by atoms with Crippen LogP contribution in [0.15, 0.2) is 11.4 Å². The summed E-state index contributed by atoms with van der Waals surface area (Å²) in [4.78, 5) is 0. The SMILES string of the molecule is CCCCCCC(CCCC)c1csc(Cl)c1. The molecule has 0 N–H and O–H groups in total. The van der Waals surface area contributed by atoms with Gasteiger partial charge in [0.1, 0.15) is 0 Å². The molecule has 0 bridgehead atoms. The van der Waals surface area contributed by atoms with Gasteiger partial charge in [-0.2, -0.15) is 0 Å². The van der Waals surface area contributed by atoms with E-state index in [1.807, 2.05) is 0 Å². The highest BCUT2D eigenvalue weighted by atomic mass is 35.5. The molecule has 0 spiro atoms. The van der Waals surface area contributed by atoms with Crippen molar-refractivity contribution < 1.29 is 0 Å². The lowest BCUT2D eigenvalue weighted by atomic mass is 9.90. The Balaban J connectivity index is 2.42. The van der Waals surface area contributed by atoms with Crippen molar-refractivity contribution in [3.8, 4) is 0 Å². The van der Waals surface area contributed by atoms with Crippen LogP contribution in [0, 0.1) is 0 Å². The minimum atomic E-state index is 0.746. The highest BCUT2D eigenvalue weighted by molar-refractivity contribution is 7.14. The first-order chi connectivity index (χ1) is 8.27. The third-order valence-electron chi connectivity index (χ3n) is 3.37. The lowest BCUT2D eigenvalue weighted by molar-refractivity contribution is 0.510. The largest absolute Gasteiger partial charge is 0.132 e. The highest BCUT2D eigenvalue weighted by Crippen LogP contribution is 2.32. The summed E-state index contributed by atoms with van der Waals surface area (Å²) >= 11 is 7.72. The van der Waals surface area contributed by atoms with Gasteiger partial charge in [-0.05, 0) is 35.8 Å². The summed E-state index contributed by atoms with van der Waals surface area (Å²) in [5.74, 6) is 0.746. The van der Waals surface area contributed by atoms with Crippen molar-refractivity contribution in [2.24, 2.45) is 0 Å².